The molecule has 0 heterocycles. The van der Waals surface area contributed by atoms with Crippen LogP contribution in [0.1, 0.15) is 148 Å². The van der Waals surface area contributed by atoms with Crippen LogP contribution in [0.25, 0.3) is 0 Å². The van der Waals surface area contributed by atoms with Gasteiger partial charge in [-0.05, 0) is 65.0 Å². The molecule has 0 aromatic heterocycles. The molecule has 5 heteroatoms. The van der Waals surface area contributed by atoms with Crippen molar-refractivity contribution in [2.24, 2.45) is 11.5 Å². The molecule has 0 unspecified atom stereocenters. The van der Waals surface area contributed by atoms with Gasteiger partial charge in [0.15, 0.2) is 0 Å². The third-order valence-electron chi connectivity index (χ3n) is 4.77. The predicted octanol–water partition coefficient (Wildman–Crippen LogP) is 8.84. The maximum atomic E-state index is 7.51. The highest BCUT2D eigenvalue weighted by Crippen LogP contribution is 2.10. The Labute approximate surface area is 233 Å². The molecule has 0 saturated heterocycles. The Kier molecular flexibility index (Phi) is 92.3. The molecule has 0 atom stereocenters. The number of unbranched alkanes of at least 4 members (excludes halogenated alkanes) is 10. The summed E-state index contributed by atoms with van der Waals surface area (Å²) >= 11 is 0. The van der Waals surface area contributed by atoms with Gasteiger partial charge in [0.2, 0.25) is 0 Å². The SMILES string of the molecule is C.C.C.C=CC#N.CCCCCCCCCCCCC.CCCNCCCNCCC.NCCCN.[HH]. The maximum Gasteiger partial charge on any atom is 0.0905 e. The molecule has 0 aliphatic rings. The van der Waals surface area contributed by atoms with Crippen LogP contribution in [0.4, 0.5) is 0 Å². The van der Waals surface area contributed by atoms with E-state index in [2.05, 4.69) is 44.9 Å². The molecule has 0 fully saturated rings. The van der Waals surface area contributed by atoms with Crippen molar-refractivity contribution in [1.82, 2.24) is 10.6 Å². The van der Waals surface area contributed by atoms with E-state index < -0.39 is 0 Å². The molecule has 0 amide bonds. The minimum atomic E-state index is 0. The first-order chi connectivity index (χ1) is 16.2. The molecule has 5 nitrogen and oxygen atoms in total. The first kappa shape index (κ1) is 51.7. The van der Waals surface area contributed by atoms with Gasteiger partial charge in [-0.25, -0.2) is 0 Å². The van der Waals surface area contributed by atoms with Gasteiger partial charge in [-0.15, -0.1) is 0 Å². The molecular formula is C31H77N5. The third kappa shape index (κ3) is 84.4. The van der Waals surface area contributed by atoms with Crippen molar-refractivity contribution in [2.45, 2.75) is 146 Å². The van der Waals surface area contributed by atoms with Gasteiger partial charge in [-0.3, -0.25) is 0 Å². The minimum absolute atomic E-state index is 0. The summed E-state index contributed by atoms with van der Waals surface area (Å²) in [7, 11) is 0. The average Bonchev–Trinajstić information content (AvgIpc) is 2.84. The number of nitrogens with one attached hydrogen (secondary N) is 2. The van der Waals surface area contributed by atoms with E-state index in [1.807, 2.05) is 0 Å². The second-order valence-electron chi connectivity index (χ2n) is 8.30. The summed E-state index contributed by atoms with van der Waals surface area (Å²) in [4.78, 5) is 0. The van der Waals surface area contributed by atoms with Crippen molar-refractivity contribution < 1.29 is 1.43 Å². The second-order valence-corrected chi connectivity index (χ2v) is 8.30. The van der Waals surface area contributed by atoms with E-state index >= 15 is 0 Å². The number of nitrogens with zero attached hydrogens (tertiary/aromatic N) is 1. The molecule has 36 heavy (non-hydrogen) atoms. The summed E-state index contributed by atoms with van der Waals surface area (Å²) < 4.78 is 0. The topological polar surface area (TPSA) is 99.9 Å². The van der Waals surface area contributed by atoms with Gasteiger partial charge >= 0.3 is 0 Å². The molecule has 0 aliphatic heterocycles. The summed E-state index contributed by atoms with van der Waals surface area (Å²) in [5, 5.41) is 14.3. The summed E-state index contributed by atoms with van der Waals surface area (Å²) in [5.41, 5.74) is 10.1. The maximum absolute atomic E-state index is 7.51. The Morgan fingerprint density at radius 2 is 0.889 bits per heavy atom. The number of hydrogen-bond acceptors (Lipinski definition) is 5. The molecule has 0 aromatic carbocycles. The molecular weight excluding hydrogens is 442 g/mol. The largest absolute Gasteiger partial charge is 0.330 e. The molecule has 226 valence electrons. The molecule has 0 aromatic rings. The van der Waals surface area contributed by atoms with Crippen LogP contribution in [0, 0.1) is 11.3 Å². The number of allylic oxidation sites excluding steroid dienone is 1. The van der Waals surface area contributed by atoms with Crippen molar-refractivity contribution in [3.05, 3.63) is 12.7 Å². The Morgan fingerprint density at radius 3 is 1.08 bits per heavy atom. The van der Waals surface area contributed by atoms with E-state index in [0.717, 1.165) is 45.7 Å². The van der Waals surface area contributed by atoms with E-state index in [1.165, 1.54) is 96.0 Å². The lowest BCUT2D eigenvalue weighted by Crippen LogP contribution is -2.22. The van der Waals surface area contributed by atoms with Gasteiger partial charge in [-0.2, -0.15) is 5.26 Å². The summed E-state index contributed by atoms with van der Waals surface area (Å²) in [6, 6.07) is 1.69. The molecule has 0 bridgehead atoms. The van der Waals surface area contributed by atoms with Crippen LogP contribution in [0.5, 0.6) is 0 Å². The minimum Gasteiger partial charge on any atom is -0.330 e. The van der Waals surface area contributed by atoms with E-state index in [4.69, 9.17) is 16.7 Å². The Balaban J connectivity index is -0.0000000532. The van der Waals surface area contributed by atoms with Gasteiger partial charge in [0, 0.05) is 7.50 Å². The van der Waals surface area contributed by atoms with Crippen molar-refractivity contribution in [1.29, 1.82) is 5.26 Å². The van der Waals surface area contributed by atoms with E-state index in [1.54, 1.807) is 6.07 Å². The Morgan fingerprint density at radius 1 is 0.583 bits per heavy atom. The van der Waals surface area contributed by atoms with Crippen LogP contribution >= 0.6 is 0 Å². The van der Waals surface area contributed by atoms with Crippen molar-refractivity contribution in [3.8, 4) is 6.07 Å². The lowest BCUT2D eigenvalue weighted by atomic mass is 10.1. The van der Waals surface area contributed by atoms with Crippen LogP contribution in [0.2, 0.25) is 0 Å². The fraction of sp³-hybridized carbons (Fsp3) is 0.903. The first-order valence-corrected chi connectivity index (χ1v) is 14.0. The number of hydrogen-bond donors (Lipinski definition) is 4. The highest BCUT2D eigenvalue weighted by molar-refractivity contribution is 4.93. The second kappa shape index (κ2) is 64.3. The monoisotopic (exact) mass is 520 g/mol. The molecule has 0 radical (unpaired) electrons. The molecule has 6 N–H and O–H groups in total. The normalized spacial score (nSPS) is 8.58. The first-order valence-electron chi connectivity index (χ1n) is 14.0. The van der Waals surface area contributed by atoms with Crippen LogP contribution in [-0.4, -0.2) is 39.3 Å². The molecule has 0 saturated carbocycles. The predicted molar refractivity (Wildman–Crippen MR) is 174 cm³/mol. The number of nitrogens with two attached hydrogens (primary N) is 2. The fourth-order valence-corrected chi connectivity index (χ4v) is 2.80. The van der Waals surface area contributed by atoms with Gasteiger partial charge in [-0.1, -0.05) is 127 Å². The number of rotatable bonds is 20. The summed E-state index contributed by atoms with van der Waals surface area (Å²) in [6.45, 7) is 18.1. The Hall–Kier alpha value is -0.930. The highest BCUT2D eigenvalue weighted by Gasteiger charge is 1.91. The lowest BCUT2D eigenvalue weighted by molar-refractivity contribution is 0.554. The standard InChI is InChI=1S/C13H28.C9H22N2.C3H10N2.C3H3N.3CH4.H2/c1-3-5-7-9-11-13-12-10-8-6-4-2;1-3-6-10-8-5-9-11-7-4-2;4-2-1-3-5;1-2-3-4;;;;/h3-13H2,1-2H3;10-11H,3-9H2,1-2H3;1-5H2;2H,1H2;3*1H4;1H. The van der Waals surface area contributed by atoms with Crippen LogP contribution in [0.15, 0.2) is 12.7 Å². The summed E-state index contributed by atoms with van der Waals surface area (Å²) in [5.74, 6) is 0. The number of nitriles is 1. The third-order valence-corrected chi connectivity index (χ3v) is 4.77. The van der Waals surface area contributed by atoms with Crippen LogP contribution in [0.3, 0.4) is 0 Å². The zero-order valence-corrected chi connectivity index (χ0v) is 23.2. The zero-order chi connectivity index (χ0) is 25.7. The lowest BCUT2D eigenvalue weighted by Gasteiger charge is -2.03. The van der Waals surface area contributed by atoms with Crippen LogP contribution < -0.4 is 22.1 Å². The van der Waals surface area contributed by atoms with Crippen LogP contribution in [-0.2, 0) is 0 Å². The summed E-state index contributed by atoms with van der Waals surface area (Å²) in [6.07, 6.45) is 21.8. The van der Waals surface area contributed by atoms with Gasteiger partial charge < -0.3 is 22.1 Å². The zero-order valence-electron chi connectivity index (χ0n) is 23.2. The van der Waals surface area contributed by atoms with E-state index in [-0.39, 0.29) is 23.7 Å². The fourth-order valence-electron chi connectivity index (χ4n) is 2.80. The van der Waals surface area contributed by atoms with E-state index in [9.17, 15) is 0 Å². The van der Waals surface area contributed by atoms with Crippen molar-refractivity contribution >= 4 is 0 Å². The van der Waals surface area contributed by atoms with Gasteiger partial charge in [0.05, 0.1) is 6.07 Å². The van der Waals surface area contributed by atoms with E-state index in [0.29, 0.717) is 0 Å². The van der Waals surface area contributed by atoms with Crippen molar-refractivity contribution in [2.75, 3.05) is 39.3 Å². The van der Waals surface area contributed by atoms with Gasteiger partial charge in [0.1, 0.15) is 0 Å². The smallest absolute Gasteiger partial charge is 0.0905 e. The highest BCUT2D eigenvalue weighted by atomic mass is 14.9. The van der Waals surface area contributed by atoms with Crippen molar-refractivity contribution in [3.63, 3.8) is 0 Å². The molecule has 0 aliphatic carbocycles. The average molecular weight is 520 g/mol. The Bertz CT molecular complexity index is 316. The molecule has 0 rings (SSSR count). The quantitative estimate of drug-likeness (QED) is 0.0950. The van der Waals surface area contributed by atoms with Gasteiger partial charge in [0.25, 0.3) is 0 Å². The molecule has 0 spiro atoms.